The quantitative estimate of drug-likeness (QED) is 0.557. The summed E-state index contributed by atoms with van der Waals surface area (Å²) in [5.41, 5.74) is 1.02. The standard InChI is InChI=1S/C7H6Cl2.C3H4/c1-5-3-2-4-6(8)7(5)9;1-3-2/h2-4H,1H3;1H,2H3. The van der Waals surface area contributed by atoms with E-state index in [9.17, 15) is 0 Å². The molecule has 2 heteroatoms. The van der Waals surface area contributed by atoms with Crippen LogP contribution in [0.5, 0.6) is 0 Å². The molecule has 0 heterocycles. The molecule has 1 rings (SSSR count). The Bertz CT molecular complexity index is 264. The highest BCUT2D eigenvalue weighted by Gasteiger charge is 1.96. The number of halogens is 2. The van der Waals surface area contributed by atoms with Crippen molar-refractivity contribution < 1.29 is 0 Å². The molecule has 0 atom stereocenters. The first kappa shape index (κ1) is 11.4. The molecule has 0 fully saturated rings. The predicted molar refractivity (Wildman–Crippen MR) is 55.7 cm³/mol. The summed E-state index contributed by atoms with van der Waals surface area (Å²) in [7, 11) is 0. The van der Waals surface area contributed by atoms with Gasteiger partial charge in [0, 0.05) is 0 Å². The van der Waals surface area contributed by atoms with Crippen molar-refractivity contribution in [1.29, 1.82) is 0 Å². The highest BCUT2D eigenvalue weighted by atomic mass is 35.5. The van der Waals surface area contributed by atoms with E-state index in [-0.39, 0.29) is 0 Å². The predicted octanol–water partition coefficient (Wildman–Crippen LogP) is 3.94. The summed E-state index contributed by atoms with van der Waals surface area (Å²) < 4.78 is 0. The second-order valence-electron chi connectivity index (χ2n) is 2.16. The van der Waals surface area contributed by atoms with E-state index in [1.807, 2.05) is 19.1 Å². The maximum absolute atomic E-state index is 5.75. The summed E-state index contributed by atoms with van der Waals surface area (Å²) in [5, 5.41) is 1.27. The SMILES string of the molecule is C#CC.Cc1cccc(Cl)c1Cl. The topological polar surface area (TPSA) is 0 Å². The molecule has 0 amide bonds. The van der Waals surface area contributed by atoms with E-state index < -0.39 is 0 Å². The largest absolute Gasteiger partial charge is 0.120 e. The lowest BCUT2D eigenvalue weighted by Gasteiger charge is -1.96. The zero-order valence-electron chi connectivity index (χ0n) is 7.07. The molecule has 1 aromatic rings. The second-order valence-corrected chi connectivity index (χ2v) is 2.94. The second kappa shape index (κ2) is 5.94. The van der Waals surface area contributed by atoms with Crippen LogP contribution in [-0.4, -0.2) is 0 Å². The molecule has 0 aliphatic heterocycles. The Labute approximate surface area is 83.5 Å². The van der Waals surface area contributed by atoms with Crippen molar-refractivity contribution >= 4 is 23.2 Å². The van der Waals surface area contributed by atoms with Crippen molar-refractivity contribution in [3.63, 3.8) is 0 Å². The summed E-state index contributed by atoms with van der Waals surface area (Å²) in [6.45, 7) is 3.58. The number of hydrogen-bond donors (Lipinski definition) is 0. The van der Waals surface area contributed by atoms with Gasteiger partial charge in [-0.3, -0.25) is 0 Å². The van der Waals surface area contributed by atoms with Gasteiger partial charge < -0.3 is 0 Å². The molecular formula is C10H10Cl2. The summed E-state index contributed by atoms with van der Waals surface area (Å²) in [4.78, 5) is 0. The van der Waals surface area contributed by atoms with Crippen molar-refractivity contribution in [2.45, 2.75) is 13.8 Å². The first-order valence-electron chi connectivity index (χ1n) is 3.41. The summed E-state index contributed by atoms with van der Waals surface area (Å²) in [6, 6.07) is 5.58. The average molecular weight is 201 g/mol. The van der Waals surface area contributed by atoms with Crippen LogP contribution in [0.2, 0.25) is 10.0 Å². The van der Waals surface area contributed by atoms with Gasteiger partial charge in [-0.25, -0.2) is 0 Å². The van der Waals surface area contributed by atoms with Gasteiger partial charge in [0.05, 0.1) is 10.0 Å². The van der Waals surface area contributed by atoms with Crippen LogP contribution in [0.25, 0.3) is 0 Å². The minimum Gasteiger partial charge on any atom is -0.120 e. The monoisotopic (exact) mass is 200 g/mol. The molecule has 0 saturated carbocycles. The molecule has 0 radical (unpaired) electrons. The molecule has 0 bridgehead atoms. The Morgan fingerprint density at radius 1 is 1.33 bits per heavy atom. The molecule has 0 aliphatic rings. The lowest BCUT2D eigenvalue weighted by molar-refractivity contribution is 1.47. The number of hydrogen-bond acceptors (Lipinski definition) is 0. The van der Waals surface area contributed by atoms with Crippen LogP contribution < -0.4 is 0 Å². The van der Waals surface area contributed by atoms with Crippen LogP contribution in [0.4, 0.5) is 0 Å². The third kappa shape index (κ3) is 3.67. The molecule has 0 nitrogen and oxygen atoms in total. The zero-order valence-corrected chi connectivity index (χ0v) is 8.58. The van der Waals surface area contributed by atoms with E-state index in [1.54, 1.807) is 13.0 Å². The molecule has 0 spiro atoms. The van der Waals surface area contributed by atoms with Gasteiger partial charge in [0.25, 0.3) is 0 Å². The van der Waals surface area contributed by atoms with Crippen LogP contribution in [0.3, 0.4) is 0 Å². The van der Waals surface area contributed by atoms with Gasteiger partial charge in [-0.1, -0.05) is 35.3 Å². The Balaban J connectivity index is 0.000000354. The Kier molecular flexibility index (Phi) is 5.62. The minimum absolute atomic E-state index is 0.622. The van der Waals surface area contributed by atoms with Crippen molar-refractivity contribution in [3.05, 3.63) is 33.8 Å². The van der Waals surface area contributed by atoms with E-state index in [2.05, 4.69) is 12.3 Å². The smallest absolute Gasteiger partial charge is 0.0621 e. The van der Waals surface area contributed by atoms with Gasteiger partial charge in [-0.2, -0.15) is 0 Å². The molecule has 0 saturated heterocycles. The lowest BCUT2D eigenvalue weighted by Crippen LogP contribution is -1.73. The van der Waals surface area contributed by atoms with Crippen molar-refractivity contribution in [3.8, 4) is 12.3 Å². The Morgan fingerprint density at radius 2 is 1.83 bits per heavy atom. The van der Waals surface area contributed by atoms with Crippen LogP contribution >= 0.6 is 23.2 Å². The van der Waals surface area contributed by atoms with E-state index in [4.69, 9.17) is 23.2 Å². The van der Waals surface area contributed by atoms with Crippen LogP contribution in [0.1, 0.15) is 12.5 Å². The number of aryl methyl sites for hydroxylation is 1. The van der Waals surface area contributed by atoms with E-state index in [1.165, 1.54) is 0 Å². The fourth-order valence-electron chi connectivity index (χ4n) is 0.612. The lowest BCUT2D eigenvalue weighted by atomic mass is 10.2. The highest BCUT2D eigenvalue weighted by molar-refractivity contribution is 6.42. The third-order valence-corrected chi connectivity index (χ3v) is 2.06. The molecule has 64 valence electrons. The fourth-order valence-corrected chi connectivity index (χ4v) is 0.959. The molecule has 0 aromatic heterocycles. The third-order valence-electron chi connectivity index (χ3n) is 1.14. The molecule has 1 aromatic carbocycles. The van der Waals surface area contributed by atoms with Gasteiger partial charge in [0.15, 0.2) is 0 Å². The summed E-state index contributed by atoms with van der Waals surface area (Å²) in [5.74, 6) is 2.25. The van der Waals surface area contributed by atoms with Gasteiger partial charge in [-0.05, 0) is 25.5 Å². The maximum atomic E-state index is 5.75. The van der Waals surface area contributed by atoms with Crippen LogP contribution in [0, 0.1) is 19.3 Å². The maximum Gasteiger partial charge on any atom is 0.0621 e. The number of terminal acetylenes is 1. The number of rotatable bonds is 0. The normalized spacial score (nSPS) is 7.92. The molecular weight excluding hydrogens is 191 g/mol. The number of benzene rings is 1. The molecule has 0 N–H and O–H groups in total. The van der Waals surface area contributed by atoms with Crippen molar-refractivity contribution in [1.82, 2.24) is 0 Å². The van der Waals surface area contributed by atoms with Gasteiger partial charge in [-0.15, -0.1) is 12.3 Å². The van der Waals surface area contributed by atoms with Crippen molar-refractivity contribution in [2.24, 2.45) is 0 Å². The van der Waals surface area contributed by atoms with Gasteiger partial charge in [0.1, 0.15) is 0 Å². The van der Waals surface area contributed by atoms with Crippen LogP contribution in [0.15, 0.2) is 18.2 Å². The first-order chi connectivity index (χ1) is 5.63. The van der Waals surface area contributed by atoms with Crippen molar-refractivity contribution in [2.75, 3.05) is 0 Å². The van der Waals surface area contributed by atoms with Gasteiger partial charge in [0.2, 0.25) is 0 Å². The summed E-state index contributed by atoms with van der Waals surface area (Å²) >= 11 is 11.4. The van der Waals surface area contributed by atoms with Crippen LogP contribution in [-0.2, 0) is 0 Å². The minimum atomic E-state index is 0.622. The van der Waals surface area contributed by atoms with E-state index in [0.29, 0.717) is 10.0 Å². The van der Waals surface area contributed by atoms with Gasteiger partial charge >= 0.3 is 0 Å². The molecule has 0 unspecified atom stereocenters. The Morgan fingerprint density at radius 3 is 2.17 bits per heavy atom. The zero-order chi connectivity index (χ0) is 9.56. The molecule has 12 heavy (non-hydrogen) atoms. The average Bonchev–Trinajstić information content (AvgIpc) is 2.02. The van der Waals surface area contributed by atoms with E-state index in [0.717, 1.165) is 5.56 Å². The summed E-state index contributed by atoms with van der Waals surface area (Å²) in [6.07, 6.45) is 4.60. The van der Waals surface area contributed by atoms with E-state index >= 15 is 0 Å². The highest BCUT2D eigenvalue weighted by Crippen LogP contribution is 2.24. The fraction of sp³-hybridized carbons (Fsp3) is 0.200. The Hall–Kier alpha value is -0.640. The first-order valence-corrected chi connectivity index (χ1v) is 4.17. The molecule has 0 aliphatic carbocycles.